The van der Waals surface area contributed by atoms with E-state index in [1.165, 1.54) is 11.1 Å². The Morgan fingerprint density at radius 3 is 2.09 bits per heavy atom. The first-order valence-electron chi connectivity index (χ1n) is 15.0. The number of ether oxygens (including phenoxy) is 2. The summed E-state index contributed by atoms with van der Waals surface area (Å²) in [4.78, 5) is 13.8. The Hall–Kier alpha value is -4.65. The summed E-state index contributed by atoms with van der Waals surface area (Å²) in [5.74, 6) is 0.636. The molecule has 0 aliphatic rings. The molecule has 0 bridgehead atoms. The van der Waals surface area contributed by atoms with Crippen molar-refractivity contribution in [3.63, 3.8) is 0 Å². The smallest absolute Gasteiger partial charge is 0.320 e. The van der Waals surface area contributed by atoms with Gasteiger partial charge in [-0.15, -0.1) is 0 Å². The molecule has 0 radical (unpaired) electrons. The number of nitrogens with two attached hydrogens (primary N) is 1. The number of fused-ring (bicyclic) bond motifs is 1. The molecule has 3 N–H and O–H groups in total. The van der Waals surface area contributed by atoms with E-state index < -0.39 is 12.0 Å². The zero-order valence-corrected chi connectivity index (χ0v) is 25.4. The first-order valence-corrected chi connectivity index (χ1v) is 15.0. The van der Waals surface area contributed by atoms with Crippen molar-refractivity contribution in [3.05, 3.63) is 143 Å². The molecule has 1 atom stereocenters. The van der Waals surface area contributed by atoms with Gasteiger partial charge >= 0.3 is 5.97 Å². The number of rotatable bonds is 14. The lowest BCUT2D eigenvalue weighted by Crippen LogP contribution is -2.35. The molecule has 0 aliphatic heterocycles. The highest BCUT2D eigenvalue weighted by Gasteiger charge is 2.19. The van der Waals surface area contributed by atoms with E-state index in [1.807, 2.05) is 42.5 Å². The number of benzene rings is 5. The van der Waals surface area contributed by atoms with E-state index in [-0.39, 0.29) is 0 Å². The summed E-state index contributed by atoms with van der Waals surface area (Å²) in [6.07, 6.45) is 0.314. The van der Waals surface area contributed by atoms with Gasteiger partial charge < -0.3 is 20.3 Å². The molecule has 226 valence electrons. The van der Waals surface area contributed by atoms with Crippen LogP contribution in [0.25, 0.3) is 10.8 Å². The van der Waals surface area contributed by atoms with Crippen LogP contribution in [0.4, 0.5) is 0 Å². The number of carbonyl (C=O) groups is 1. The van der Waals surface area contributed by atoms with Crippen LogP contribution in [0.2, 0.25) is 0 Å². The average molecular weight is 589 g/mol. The molecular weight excluding hydrogens is 548 g/mol. The third-order valence-corrected chi connectivity index (χ3v) is 7.74. The summed E-state index contributed by atoms with van der Waals surface area (Å²) in [7, 11) is 0. The van der Waals surface area contributed by atoms with Crippen LogP contribution in [0.1, 0.15) is 39.8 Å². The third kappa shape index (κ3) is 8.25. The highest BCUT2D eigenvalue weighted by molar-refractivity contribution is 5.89. The van der Waals surface area contributed by atoms with Crippen molar-refractivity contribution < 1.29 is 19.4 Å². The zero-order valence-electron chi connectivity index (χ0n) is 25.4. The summed E-state index contributed by atoms with van der Waals surface area (Å²) in [5.41, 5.74) is 12.6. The van der Waals surface area contributed by atoms with Crippen molar-refractivity contribution in [2.75, 3.05) is 6.54 Å². The average Bonchev–Trinajstić information content (AvgIpc) is 3.02. The van der Waals surface area contributed by atoms with Gasteiger partial charge in [-0.05, 0) is 42.8 Å². The van der Waals surface area contributed by atoms with Crippen LogP contribution in [-0.2, 0) is 31.1 Å². The van der Waals surface area contributed by atoms with Gasteiger partial charge in [0.05, 0.1) is 0 Å². The predicted molar refractivity (Wildman–Crippen MR) is 176 cm³/mol. The Morgan fingerprint density at radius 2 is 1.39 bits per heavy atom. The lowest BCUT2D eigenvalue weighted by molar-refractivity contribution is -0.138. The van der Waals surface area contributed by atoms with Crippen LogP contribution in [0.3, 0.4) is 0 Å². The molecular formula is C38H40N2O4. The van der Waals surface area contributed by atoms with Crippen LogP contribution in [0, 0.1) is 13.8 Å². The number of carboxylic acid groups (broad SMARTS) is 1. The molecule has 0 heterocycles. The Balaban J connectivity index is 1.42. The van der Waals surface area contributed by atoms with Gasteiger partial charge in [-0.1, -0.05) is 114 Å². The number of hydrogen-bond acceptors (Lipinski definition) is 5. The van der Waals surface area contributed by atoms with Gasteiger partial charge in [-0.25, -0.2) is 0 Å². The van der Waals surface area contributed by atoms with Gasteiger partial charge in [-0.3, -0.25) is 9.69 Å². The van der Waals surface area contributed by atoms with E-state index >= 15 is 0 Å². The number of para-hydroxylation sites is 1. The van der Waals surface area contributed by atoms with Gasteiger partial charge in [-0.2, -0.15) is 0 Å². The number of carboxylic acids is 1. The topological polar surface area (TPSA) is 85.0 Å². The maximum atomic E-state index is 11.6. The largest absolute Gasteiger partial charge is 0.489 e. The minimum absolute atomic E-state index is 0.314. The van der Waals surface area contributed by atoms with E-state index in [0.29, 0.717) is 39.3 Å². The van der Waals surface area contributed by atoms with Crippen molar-refractivity contribution in [1.82, 2.24) is 4.90 Å². The summed E-state index contributed by atoms with van der Waals surface area (Å²) in [6, 6.07) is 36.2. The molecule has 6 nitrogen and oxygen atoms in total. The zero-order chi connectivity index (χ0) is 30.9. The quantitative estimate of drug-likeness (QED) is 0.140. The lowest BCUT2D eigenvalue weighted by atomic mass is 10.0. The minimum Gasteiger partial charge on any atom is -0.489 e. The van der Waals surface area contributed by atoms with Crippen molar-refractivity contribution in [1.29, 1.82) is 0 Å². The second-order valence-corrected chi connectivity index (χ2v) is 11.4. The van der Waals surface area contributed by atoms with Crippen LogP contribution in [-0.4, -0.2) is 28.6 Å². The fourth-order valence-corrected chi connectivity index (χ4v) is 5.42. The van der Waals surface area contributed by atoms with Crippen LogP contribution in [0.15, 0.2) is 109 Å². The fraction of sp³-hybridized carbons (Fsp3) is 0.237. The highest BCUT2D eigenvalue weighted by atomic mass is 16.5. The van der Waals surface area contributed by atoms with E-state index in [4.69, 9.17) is 15.2 Å². The van der Waals surface area contributed by atoms with Gasteiger partial charge in [0.2, 0.25) is 0 Å². The number of aliphatic carboxylic acids is 1. The predicted octanol–water partition coefficient (Wildman–Crippen LogP) is 7.42. The summed E-state index contributed by atoms with van der Waals surface area (Å²) in [6.45, 7) is 6.65. The maximum Gasteiger partial charge on any atom is 0.320 e. The summed E-state index contributed by atoms with van der Waals surface area (Å²) in [5, 5.41) is 11.6. The molecule has 5 aromatic rings. The van der Waals surface area contributed by atoms with Crippen molar-refractivity contribution in [2.45, 2.75) is 52.6 Å². The molecule has 5 rings (SSSR count). The molecule has 0 amide bonds. The Labute approximate surface area is 259 Å². The molecule has 44 heavy (non-hydrogen) atoms. The van der Waals surface area contributed by atoms with Crippen LogP contribution in [0.5, 0.6) is 11.5 Å². The van der Waals surface area contributed by atoms with Gasteiger partial charge in [0.15, 0.2) is 0 Å². The molecule has 0 spiro atoms. The summed E-state index contributed by atoms with van der Waals surface area (Å²) >= 11 is 0. The molecule has 5 aromatic carbocycles. The molecule has 0 aliphatic carbocycles. The second kappa shape index (κ2) is 14.7. The Morgan fingerprint density at radius 1 is 0.750 bits per heavy atom. The first kappa shape index (κ1) is 30.8. The molecule has 0 fully saturated rings. The first-order chi connectivity index (χ1) is 21.4. The standard InChI is InChI=1S/C38H40N2O4/c1-27-9-7-11-29(21-27)25-43-36-16-6-4-14-32(36)23-40(20-19-35(39)38(41)42)24-33-18-17-31-13-3-5-15-34(31)37(33)44-26-30-12-8-10-28(2)22-30/h3-18,21-22,35H,19-20,23-26,39H2,1-2H3,(H,41,42)/t35-/m0/s1. The van der Waals surface area contributed by atoms with Crippen molar-refractivity contribution in [3.8, 4) is 11.5 Å². The normalized spacial score (nSPS) is 11.9. The molecule has 0 unspecified atom stereocenters. The number of hydrogen-bond donors (Lipinski definition) is 2. The third-order valence-electron chi connectivity index (χ3n) is 7.74. The number of aryl methyl sites for hydroxylation is 2. The summed E-state index contributed by atoms with van der Waals surface area (Å²) < 4.78 is 12.9. The van der Waals surface area contributed by atoms with Crippen molar-refractivity contribution >= 4 is 16.7 Å². The monoisotopic (exact) mass is 588 g/mol. The van der Waals surface area contributed by atoms with Gasteiger partial charge in [0, 0.05) is 36.1 Å². The van der Waals surface area contributed by atoms with E-state index in [2.05, 4.69) is 85.5 Å². The molecule has 6 heteroatoms. The van der Waals surface area contributed by atoms with Gasteiger partial charge in [0.25, 0.3) is 0 Å². The molecule has 0 saturated heterocycles. The van der Waals surface area contributed by atoms with E-state index in [1.54, 1.807) is 0 Å². The van der Waals surface area contributed by atoms with Crippen molar-refractivity contribution in [2.24, 2.45) is 5.73 Å². The van der Waals surface area contributed by atoms with Crippen LogP contribution < -0.4 is 15.2 Å². The second-order valence-electron chi connectivity index (χ2n) is 11.4. The molecule has 0 saturated carbocycles. The van der Waals surface area contributed by atoms with Crippen LogP contribution >= 0.6 is 0 Å². The Bertz CT molecular complexity index is 1720. The minimum atomic E-state index is -1.00. The van der Waals surface area contributed by atoms with E-state index in [9.17, 15) is 9.90 Å². The van der Waals surface area contributed by atoms with Gasteiger partial charge in [0.1, 0.15) is 30.8 Å². The van der Waals surface area contributed by atoms with E-state index in [0.717, 1.165) is 44.5 Å². The lowest BCUT2D eigenvalue weighted by Gasteiger charge is -2.26. The number of nitrogens with zero attached hydrogens (tertiary/aromatic N) is 1. The maximum absolute atomic E-state index is 11.6. The molecule has 0 aromatic heterocycles. The highest BCUT2D eigenvalue weighted by Crippen LogP contribution is 2.33. The SMILES string of the molecule is Cc1cccc(COc2ccccc2CN(CC[C@H](N)C(=O)O)Cc2ccc3ccccc3c2OCc2cccc(C)c2)c1. The Kier molecular flexibility index (Phi) is 10.3. The fourth-order valence-electron chi connectivity index (χ4n) is 5.42.